The molecule has 1 aliphatic carbocycles. The van der Waals surface area contributed by atoms with Crippen LogP contribution in [-0.4, -0.2) is 0 Å². The molecule has 0 aromatic carbocycles. The topological polar surface area (TPSA) is 0 Å². The Labute approximate surface area is 116 Å². The molecule has 0 amide bonds. The van der Waals surface area contributed by atoms with E-state index >= 15 is 0 Å². The van der Waals surface area contributed by atoms with Gasteiger partial charge in [0.25, 0.3) is 0 Å². The second-order valence-electron chi connectivity index (χ2n) is 8.12. The van der Waals surface area contributed by atoms with Gasteiger partial charge in [0.2, 0.25) is 0 Å². The molecule has 0 aliphatic heterocycles. The van der Waals surface area contributed by atoms with Crippen LogP contribution in [0.15, 0.2) is 0 Å². The fraction of sp³-hybridized carbons (Fsp3) is 1.00. The first-order valence-electron chi connectivity index (χ1n) is 8.17. The molecule has 0 heterocycles. The van der Waals surface area contributed by atoms with E-state index in [0.29, 0.717) is 5.41 Å². The van der Waals surface area contributed by atoms with Crippen LogP contribution in [0.5, 0.6) is 0 Å². The average molecular weight is 252 g/mol. The van der Waals surface area contributed by atoms with E-state index in [1.54, 1.807) is 0 Å². The van der Waals surface area contributed by atoms with Gasteiger partial charge in [0.05, 0.1) is 0 Å². The Morgan fingerprint density at radius 2 is 1.06 bits per heavy atom. The molecule has 18 heavy (non-hydrogen) atoms. The predicted molar refractivity (Wildman–Crippen MR) is 82.6 cm³/mol. The van der Waals surface area contributed by atoms with E-state index < -0.39 is 0 Å². The third kappa shape index (κ3) is 3.31. The minimum atomic E-state index is 0.471. The highest BCUT2D eigenvalue weighted by atomic mass is 14.4. The first kappa shape index (κ1) is 16.1. The molecule has 0 radical (unpaired) electrons. The van der Waals surface area contributed by atoms with Gasteiger partial charge >= 0.3 is 0 Å². The van der Waals surface area contributed by atoms with Crippen molar-refractivity contribution in [3.05, 3.63) is 0 Å². The van der Waals surface area contributed by atoms with Crippen molar-refractivity contribution in [2.75, 3.05) is 0 Å². The zero-order valence-corrected chi connectivity index (χ0v) is 14.1. The molecule has 0 spiro atoms. The highest BCUT2D eigenvalue weighted by molar-refractivity contribution is 4.87. The maximum atomic E-state index is 2.50. The van der Waals surface area contributed by atoms with Crippen LogP contribution in [0.2, 0.25) is 0 Å². The molecular weight excluding hydrogens is 216 g/mol. The molecule has 1 fully saturated rings. The molecule has 0 heteroatoms. The summed E-state index contributed by atoms with van der Waals surface area (Å²) in [6.45, 7) is 19.9. The molecule has 0 N–H and O–H groups in total. The maximum Gasteiger partial charge on any atom is -0.0298 e. The van der Waals surface area contributed by atoms with Gasteiger partial charge in [-0.25, -0.2) is 0 Å². The Morgan fingerprint density at radius 1 is 0.611 bits per heavy atom. The van der Waals surface area contributed by atoms with Crippen molar-refractivity contribution in [3.8, 4) is 0 Å². The molecule has 1 rings (SSSR count). The molecule has 6 unspecified atom stereocenters. The van der Waals surface area contributed by atoms with Crippen LogP contribution in [-0.2, 0) is 0 Å². The third-order valence-corrected chi connectivity index (χ3v) is 6.85. The van der Waals surface area contributed by atoms with Crippen LogP contribution in [0.25, 0.3) is 0 Å². The van der Waals surface area contributed by atoms with Crippen molar-refractivity contribution in [2.45, 2.75) is 74.7 Å². The lowest BCUT2D eigenvalue weighted by atomic mass is 9.60. The quantitative estimate of drug-likeness (QED) is 0.495. The predicted octanol–water partition coefficient (Wildman–Crippen LogP) is 6.01. The smallest absolute Gasteiger partial charge is 0.0298 e. The van der Waals surface area contributed by atoms with Gasteiger partial charge in [-0.3, -0.25) is 0 Å². The Balaban J connectivity index is 2.94. The first-order chi connectivity index (χ1) is 8.17. The second kappa shape index (κ2) is 5.97. The molecular formula is C18H36. The Kier molecular flexibility index (Phi) is 5.32. The van der Waals surface area contributed by atoms with E-state index in [0.717, 1.165) is 35.5 Å². The van der Waals surface area contributed by atoms with Gasteiger partial charge in [0.15, 0.2) is 0 Å². The standard InChI is InChI=1S/C18H36/c1-12-9-10-13(2)16(5)18(7,8)17(6)15(4)11-14(12)3/h12-17H,9-11H2,1-8H3. The van der Waals surface area contributed by atoms with Gasteiger partial charge in [-0.15, -0.1) is 0 Å². The van der Waals surface area contributed by atoms with E-state index in [9.17, 15) is 0 Å². The van der Waals surface area contributed by atoms with E-state index in [2.05, 4.69) is 55.4 Å². The van der Waals surface area contributed by atoms with Crippen molar-refractivity contribution in [2.24, 2.45) is 40.9 Å². The number of hydrogen-bond acceptors (Lipinski definition) is 0. The van der Waals surface area contributed by atoms with Crippen LogP contribution in [0, 0.1) is 40.9 Å². The monoisotopic (exact) mass is 252 g/mol. The van der Waals surface area contributed by atoms with Crippen LogP contribution in [0.1, 0.15) is 74.7 Å². The van der Waals surface area contributed by atoms with Crippen molar-refractivity contribution in [3.63, 3.8) is 0 Å². The lowest BCUT2D eigenvalue weighted by Gasteiger charge is -2.45. The van der Waals surface area contributed by atoms with Gasteiger partial charge in [-0.2, -0.15) is 0 Å². The van der Waals surface area contributed by atoms with Crippen LogP contribution in [0.3, 0.4) is 0 Å². The van der Waals surface area contributed by atoms with Crippen molar-refractivity contribution in [1.82, 2.24) is 0 Å². The fourth-order valence-electron chi connectivity index (χ4n) is 3.96. The molecule has 1 aliphatic rings. The van der Waals surface area contributed by atoms with Gasteiger partial charge < -0.3 is 0 Å². The molecule has 0 aromatic heterocycles. The summed E-state index contributed by atoms with van der Waals surface area (Å²) >= 11 is 0. The van der Waals surface area contributed by atoms with E-state index in [4.69, 9.17) is 0 Å². The zero-order valence-electron chi connectivity index (χ0n) is 14.1. The van der Waals surface area contributed by atoms with Gasteiger partial charge in [-0.05, 0) is 47.3 Å². The number of hydrogen-bond donors (Lipinski definition) is 0. The Bertz CT molecular complexity index is 253. The van der Waals surface area contributed by atoms with Gasteiger partial charge in [-0.1, -0.05) is 68.2 Å². The average Bonchev–Trinajstić information content (AvgIpc) is 2.31. The Morgan fingerprint density at radius 3 is 1.61 bits per heavy atom. The Hall–Kier alpha value is 0. The van der Waals surface area contributed by atoms with Gasteiger partial charge in [0.1, 0.15) is 0 Å². The van der Waals surface area contributed by atoms with Gasteiger partial charge in [0, 0.05) is 0 Å². The normalized spacial score (nSPS) is 46.7. The summed E-state index contributed by atoms with van der Waals surface area (Å²) in [6.07, 6.45) is 4.24. The maximum absolute atomic E-state index is 2.50. The summed E-state index contributed by atoms with van der Waals surface area (Å²) < 4.78 is 0. The molecule has 108 valence electrons. The lowest BCUT2D eigenvalue weighted by molar-refractivity contribution is 0.0389. The summed E-state index contributed by atoms with van der Waals surface area (Å²) in [7, 11) is 0. The van der Waals surface area contributed by atoms with E-state index in [-0.39, 0.29) is 0 Å². The lowest BCUT2D eigenvalue weighted by Crippen LogP contribution is -2.38. The van der Waals surface area contributed by atoms with Crippen molar-refractivity contribution in [1.29, 1.82) is 0 Å². The van der Waals surface area contributed by atoms with E-state index in [1.165, 1.54) is 19.3 Å². The first-order valence-corrected chi connectivity index (χ1v) is 8.17. The minimum absolute atomic E-state index is 0.471. The molecule has 0 saturated heterocycles. The molecule has 6 atom stereocenters. The minimum Gasteiger partial charge on any atom is -0.0623 e. The summed E-state index contributed by atoms with van der Waals surface area (Å²) in [5, 5.41) is 0. The molecule has 0 nitrogen and oxygen atoms in total. The van der Waals surface area contributed by atoms with Crippen molar-refractivity contribution < 1.29 is 0 Å². The van der Waals surface area contributed by atoms with E-state index in [1.807, 2.05) is 0 Å². The SMILES string of the molecule is CC1CCC(C)C(C)C(C)(C)C(C)C(C)CC1C. The highest BCUT2D eigenvalue weighted by Crippen LogP contribution is 2.46. The largest absolute Gasteiger partial charge is 0.0623 e. The number of rotatable bonds is 0. The third-order valence-electron chi connectivity index (χ3n) is 6.85. The van der Waals surface area contributed by atoms with Crippen LogP contribution >= 0.6 is 0 Å². The summed E-state index contributed by atoms with van der Waals surface area (Å²) in [6, 6.07) is 0. The highest BCUT2D eigenvalue weighted by Gasteiger charge is 2.38. The second-order valence-corrected chi connectivity index (χ2v) is 8.12. The van der Waals surface area contributed by atoms with Crippen LogP contribution < -0.4 is 0 Å². The summed E-state index contributed by atoms with van der Waals surface area (Å²) in [5.74, 6) is 5.15. The molecule has 0 bridgehead atoms. The van der Waals surface area contributed by atoms with Crippen molar-refractivity contribution >= 4 is 0 Å². The molecule has 1 saturated carbocycles. The fourth-order valence-corrected chi connectivity index (χ4v) is 3.96. The van der Waals surface area contributed by atoms with Crippen LogP contribution in [0.4, 0.5) is 0 Å². The summed E-state index contributed by atoms with van der Waals surface area (Å²) in [4.78, 5) is 0. The molecule has 0 aromatic rings. The zero-order chi connectivity index (χ0) is 14.1. The summed E-state index contributed by atoms with van der Waals surface area (Å²) in [5.41, 5.74) is 0.471.